The lowest BCUT2D eigenvalue weighted by Gasteiger charge is -2.29. The van der Waals surface area contributed by atoms with Gasteiger partial charge in [0.05, 0.1) is 37.5 Å². The number of hydrogen-bond acceptors (Lipinski definition) is 7. The van der Waals surface area contributed by atoms with E-state index < -0.39 is 23.5 Å². The molecule has 9 heteroatoms. The second-order valence-electron chi connectivity index (χ2n) is 8.23. The zero-order valence-electron chi connectivity index (χ0n) is 18.9. The first-order chi connectivity index (χ1) is 16.4. The van der Waals surface area contributed by atoms with Crippen molar-refractivity contribution in [3.8, 4) is 11.5 Å². The molecule has 0 spiro atoms. The van der Waals surface area contributed by atoms with Gasteiger partial charge in [-0.05, 0) is 42.3 Å². The van der Waals surface area contributed by atoms with Crippen molar-refractivity contribution in [1.29, 1.82) is 0 Å². The van der Waals surface area contributed by atoms with Gasteiger partial charge in [-0.25, -0.2) is 0 Å². The molecule has 0 aromatic heterocycles. The number of hydrogen-bond donors (Lipinski definition) is 2. The van der Waals surface area contributed by atoms with E-state index in [0.717, 1.165) is 19.6 Å². The van der Waals surface area contributed by atoms with Crippen LogP contribution >= 0.6 is 15.9 Å². The monoisotopic (exact) mass is 530 g/mol. The number of likely N-dealkylation sites (tertiary alicyclic amines) is 1. The van der Waals surface area contributed by atoms with Gasteiger partial charge in [-0.15, -0.1) is 0 Å². The average molecular weight is 531 g/mol. The molecule has 2 N–H and O–H groups in total. The molecule has 1 amide bonds. The van der Waals surface area contributed by atoms with E-state index in [1.54, 1.807) is 37.4 Å². The molecule has 2 fully saturated rings. The van der Waals surface area contributed by atoms with E-state index in [-0.39, 0.29) is 16.9 Å². The number of benzene rings is 2. The fourth-order valence-electron chi connectivity index (χ4n) is 4.38. The number of rotatable bonds is 7. The van der Waals surface area contributed by atoms with Gasteiger partial charge in [-0.1, -0.05) is 28.1 Å². The third kappa shape index (κ3) is 4.96. The maximum absolute atomic E-state index is 13.1. The summed E-state index contributed by atoms with van der Waals surface area (Å²) in [4.78, 5) is 30.0. The highest BCUT2D eigenvalue weighted by Gasteiger charge is 2.46. The molecule has 4 rings (SSSR count). The molecule has 0 radical (unpaired) electrons. The molecular formula is C25H27BrN2O6. The number of ether oxygens (including phenoxy) is 2. The second kappa shape index (κ2) is 10.6. The normalized spacial score (nSPS) is 20.6. The topological polar surface area (TPSA) is 99.5 Å². The average Bonchev–Trinajstić information content (AvgIpc) is 3.11. The summed E-state index contributed by atoms with van der Waals surface area (Å²) in [5.41, 5.74) is 0.705. The van der Waals surface area contributed by atoms with Crippen LogP contribution in [0.1, 0.15) is 23.6 Å². The Morgan fingerprint density at radius 2 is 1.82 bits per heavy atom. The summed E-state index contributed by atoms with van der Waals surface area (Å²) in [5, 5.41) is 21.5. The predicted molar refractivity (Wildman–Crippen MR) is 130 cm³/mol. The second-order valence-corrected chi connectivity index (χ2v) is 9.15. The SMILES string of the molecule is COc1ccc(C2C(=C(O)c3cc(Br)ccc3O)C(=O)C(=O)N2CCCN2CCOCC2)cc1. The number of aromatic hydroxyl groups is 1. The van der Waals surface area contributed by atoms with Crippen molar-refractivity contribution in [1.82, 2.24) is 9.80 Å². The van der Waals surface area contributed by atoms with Crippen molar-refractivity contribution < 1.29 is 29.3 Å². The minimum absolute atomic E-state index is 0.0464. The van der Waals surface area contributed by atoms with Gasteiger partial charge in [0.1, 0.15) is 17.3 Å². The molecule has 1 unspecified atom stereocenters. The van der Waals surface area contributed by atoms with Crippen molar-refractivity contribution in [2.75, 3.05) is 46.5 Å². The number of ketones is 1. The lowest BCUT2D eigenvalue weighted by molar-refractivity contribution is -0.140. The first-order valence-corrected chi connectivity index (χ1v) is 11.9. The summed E-state index contributed by atoms with van der Waals surface area (Å²) in [5.74, 6) is -1.40. The van der Waals surface area contributed by atoms with E-state index in [0.29, 0.717) is 42.0 Å². The number of Topliss-reactive ketones (excluding diaryl/α,β-unsaturated/α-hetero) is 1. The minimum Gasteiger partial charge on any atom is -0.507 e. The standard InChI is InChI=1S/C25H27BrN2O6/c1-33-18-6-3-16(4-7-18)22-21(23(30)19-15-17(26)5-8-20(19)29)24(31)25(32)28(22)10-2-9-27-11-13-34-14-12-27/h3-8,15,22,29-30H,2,9-14H2,1H3. The van der Waals surface area contributed by atoms with Gasteiger partial charge in [0.2, 0.25) is 0 Å². The quantitative estimate of drug-likeness (QED) is 0.321. The fourth-order valence-corrected chi connectivity index (χ4v) is 4.74. The van der Waals surface area contributed by atoms with E-state index in [2.05, 4.69) is 20.8 Å². The first kappa shape index (κ1) is 24.3. The number of methoxy groups -OCH3 is 1. The Hall–Kier alpha value is -2.88. The number of phenolic OH excluding ortho intramolecular Hbond substituents is 1. The number of nitrogens with zero attached hydrogens (tertiary/aromatic N) is 2. The summed E-state index contributed by atoms with van der Waals surface area (Å²) >= 11 is 3.33. The zero-order valence-corrected chi connectivity index (χ0v) is 20.5. The predicted octanol–water partition coefficient (Wildman–Crippen LogP) is 3.31. The highest BCUT2D eigenvalue weighted by Crippen LogP contribution is 2.41. The van der Waals surface area contributed by atoms with Crippen LogP contribution in [0.3, 0.4) is 0 Å². The van der Waals surface area contributed by atoms with Crippen LogP contribution < -0.4 is 4.74 Å². The smallest absolute Gasteiger partial charge is 0.295 e. The number of carbonyl (C=O) groups is 2. The number of morpholine rings is 1. The van der Waals surface area contributed by atoms with E-state index >= 15 is 0 Å². The molecule has 8 nitrogen and oxygen atoms in total. The molecule has 0 saturated carbocycles. The maximum atomic E-state index is 13.1. The Kier molecular flexibility index (Phi) is 7.55. The highest BCUT2D eigenvalue weighted by molar-refractivity contribution is 9.10. The summed E-state index contributed by atoms with van der Waals surface area (Å²) in [6.45, 7) is 4.17. The molecule has 0 bridgehead atoms. The Morgan fingerprint density at radius 3 is 2.50 bits per heavy atom. The van der Waals surface area contributed by atoms with Crippen LogP contribution in [0.25, 0.3) is 5.76 Å². The molecule has 2 saturated heterocycles. The zero-order chi connectivity index (χ0) is 24.2. The van der Waals surface area contributed by atoms with E-state index in [4.69, 9.17) is 9.47 Å². The number of halogens is 1. The Morgan fingerprint density at radius 1 is 1.12 bits per heavy atom. The van der Waals surface area contributed by atoms with Gasteiger partial charge in [0, 0.05) is 30.7 Å². The summed E-state index contributed by atoms with van der Waals surface area (Å²) in [6.07, 6.45) is 0.669. The van der Waals surface area contributed by atoms with Crippen LogP contribution in [0.5, 0.6) is 11.5 Å². The van der Waals surface area contributed by atoms with Gasteiger partial charge in [-0.2, -0.15) is 0 Å². The summed E-state index contributed by atoms with van der Waals surface area (Å²) in [7, 11) is 1.56. The summed E-state index contributed by atoms with van der Waals surface area (Å²) < 4.78 is 11.2. The minimum atomic E-state index is -0.783. The van der Waals surface area contributed by atoms with Crippen LogP contribution in [0.15, 0.2) is 52.5 Å². The van der Waals surface area contributed by atoms with E-state index in [1.165, 1.54) is 17.0 Å². The molecule has 34 heavy (non-hydrogen) atoms. The van der Waals surface area contributed by atoms with E-state index in [1.807, 2.05) is 0 Å². The largest absolute Gasteiger partial charge is 0.507 e. The van der Waals surface area contributed by atoms with Crippen molar-refractivity contribution in [2.24, 2.45) is 0 Å². The maximum Gasteiger partial charge on any atom is 0.295 e. The van der Waals surface area contributed by atoms with Crippen molar-refractivity contribution in [2.45, 2.75) is 12.5 Å². The van der Waals surface area contributed by atoms with Crippen molar-refractivity contribution >= 4 is 33.4 Å². The molecular weight excluding hydrogens is 504 g/mol. The molecule has 2 heterocycles. The third-order valence-electron chi connectivity index (χ3n) is 6.16. The molecule has 1 atom stereocenters. The van der Waals surface area contributed by atoms with Crippen LogP contribution in [0.4, 0.5) is 0 Å². The Bertz CT molecular complexity index is 1100. The van der Waals surface area contributed by atoms with Gasteiger partial charge in [0.15, 0.2) is 0 Å². The molecule has 180 valence electrons. The van der Waals surface area contributed by atoms with Gasteiger partial charge >= 0.3 is 0 Å². The van der Waals surface area contributed by atoms with Gasteiger partial charge in [-0.3, -0.25) is 14.5 Å². The van der Waals surface area contributed by atoms with Crippen LogP contribution in [-0.4, -0.2) is 78.2 Å². The Labute approximate surface area is 206 Å². The molecule has 2 aliphatic rings. The number of aliphatic hydroxyl groups excluding tert-OH is 1. The lowest BCUT2D eigenvalue weighted by Crippen LogP contribution is -2.38. The number of amides is 1. The molecule has 0 aliphatic carbocycles. The van der Waals surface area contributed by atoms with Crippen LogP contribution in [-0.2, 0) is 14.3 Å². The third-order valence-corrected chi connectivity index (χ3v) is 6.66. The highest BCUT2D eigenvalue weighted by atomic mass is 79.9. The number of phenols is 1. The Balaban J connectivity index is 1.70. The van der Waals surface area contributed by atoms with Crippen molar-refractivity contribution in [3.63, 3.8) is 0 Å². The first-order valence-electron chi connectivity index (χ1n) is 11.1. The molecule has 2 aliphatic heterocycles. The number of carbonyl (C=O) groups excluding carboxylic acids is 2. The van der Waals surface area contributed by atoms with Crippen molar-refractivity contribution in [3.05, 3.63) is 63.6 Å². The summed E-state index contributed by atoms with van der Waals surface area (Å²) in [6, 6.07) is 10.8. The van der Waals surface area contributed by atoms with Crippen LogP contribution in [0, 0.1) is 0 Å². The van der Waals surface area contributed by atoms with Crippen LogP contribution in [0.2, 0.25) is 0 Å². The lowest BCUT2D eigenvalue weighted by atomic mass is 9.95. The molecule has 2 aromatic carbocycles. The van der Waals surface area contributed by atoms with E-state index in [9.17, 15) is 19.8 Å². The number of aliphatic hydroxyl groups is 1. The fraction of sp³-hybridized carbons (Fsp3) is 0.360. The van der Waals surface area contributed by atoms with Gasteiger partial charge < -0.3 is 24.6 Å². The molecule has 2 aromatic rings. The van der Waals surface area contributed by atoms with Gasteiger partial charge in [0.25, 0.3) is 11.7 Å².